The summed E-state index contributed by atoms with van der Waals surface area (Å²) < 4.78 is 31.9. The second-order valence-corrected chi connectivity index (χ2v) is 4.44. The summed E-state index contributed by atoms with van der Waals surface area (Å²) in [5, 5.41) is 0. The van der Waals surface area contributed by atoms with E-state index >= 15 is 0 Å². The molecule has 0 bridgehead atoms. The van der Waals surface area contributed by atoms with Gasteiger partial charge in [-0.15, -0.1) is 0 Å². The molecule has 0 unspecified atom stereocenters. The lowest BCUT2D eigenvalue weighted by molar-refractivity contribution is -0.185. The Bertz CT molecular complexity index is 366. The second-order valence-electron chi connectivity index (χ2n) is 4.44. The van der Waals surface area contributed by atoms with E-state index in [1.54, 1.807) is 26.8 Å². The predicted octanol–water partition coefficient (Wildman–Crippen LogP) is 3.12. The van der Waals surface area contributed by atoms with Crippen LogP contribution in [0.15, 0.2) is 30.3 Å². The normalized spacial score (nSPS) is 12.3. The number of esters is 1. The van der Waals surface area contributed by atoms with E-state index < -0.39 is 17.5 Å². The molecule has 0 amide bonds. The summed E-state index contributed by atoms with van der Waals surface area (Å²) in [6.45, 7) is 4.64. The van der Waals surface area contributed by atoms with E-state index in [2.05, 4.69) is 4.74 Å². The quantitative estimate of drug-likeness (QED) is 0.727. The van der Waals surface area contributed by atoms with Crippen molar-refractivity contribution in [1.29, 1.82) is 0 Å². The van der Waals surface area contributed by atoms with Gasteiger partial charge >= 0.3 is 11.9 Å². The monoisotopic (exact) mass is 228 g/mol. The SMILES string of the molecule is CC(C)(C)OC(=O)C(F)(F)c1ccccc1. The van der Waals surface area contributed by atoms with Gasteiger partial charge in [0, 0.05) is 5.56 Å². The number of hydrogen-bond acceptors (Lipinski definition) is 2. The number of hydrogen-bond donors (Lipinski definition) is 0. The molecule has 0 aliphatic carbocycles. The number of benzene rings is 1. The minimum atomic E-state index is -3.60. The molecule has 4 heteroatoms. The zero-order valence-corrected chi connectivity index (χ0v) is 9.46. The van der Waals surface area contributed by atoms with Gasteiger partial charge in [0.2, 0.25) is 0 Å². The third-order valence-electron chi connectivity index (χ3n) is 1.79. The van der Waals surface area contributed by atoms with Crippen LogP contribution in [-0.2, 0) is 15.5 Å². The summed E-state index contributed by atoms with van der Waals surface area (Å²) in [5.41, 5.74) is -1.28. The molecule has 16 heavy (non-hydrogen) atoms. The van der Waals surface area contributed by atoms with Crippen LogP contribution >= 0.6 is 0 Å². The van der Waals surface area contributed by atoms with E-state index in [0.29, 0.717) is 0 Å². The fourth-order valence-corrected chi connectivity index (χ4v) is 1.11. The summed E-state index contributed by atoms with van der Waals surface area (Å²) in [4.78, 5) is 11.3. The number of carbonyl (C=O) groups excluding carboxylic acids is 1. The van der Waals surface area contributed by atoms with Crippen molar-refractivity contribution in [2.45, 2.75) is 32.3 Å². The van der Waals surface area contributed by atoms with Crippen molar-refractivity contribution < 1.29 is 18.3 Å². The first-order valence-electron chi connectivity index (χ1n) is 4.90. The Labute approximate surface area is 93.2 Å². The van der Waals surface area contributed by atoms with E-state index in [1.807, 2.05) is 0 Å². The Kier molecular flexibility index (Phi) is 3.31. The van der Waals surface area contributed by atoms with Crippen molar-refractivity contribution in [3.63, 3.8) is 0 Å². The van der Waals surface area contributed by atoms with Crippen molar-refractivity contribution in [2.75, 3.05) is 0 Å². The van der Waals surface area contributed by atoms with Gasteiger partial charge < -0.3 is 4.74 Å². The Balaban J connectivity index is 2.90. The van der Waals surface area contributed by atoms with Crippen molar-refractivity contribution >= 4 is 5.97 Å². The van der Waals surface area contributed by atoms with Gasteiger partial charge in [-0.3, -0.25) is 0 Å². The molecule has 0 spiro atoms. The van der Waals surface area contributed by atoms with Crippen molar-refractivity contribution in [3.05, 3.63) is 35.9 Å². The Morgan fingerprint density at radius 3 is 2.06 bits per heavy atom. The zero-order chi connectivity index (χ0) is 12.4. The van der Waals surface area contributed by atoms with Gasteiger partial charge in [-0.05, 0) is 20.8 Å². The van der Waals surface area contributed by atoms with Crippen LogP contribution in [0.5, 0.6) is 0 Å². The average molecular weight is 228 g/mol. The van der Waals surface area contributed by atoms with Crippen molar-refractivity contribution in [2.24, 2.45) is 0 Å². The fraction of sp³-hybridized carbons (Fsp3) is 0.417. The Morgan fingerprint density at radius 1 is 1.12 bits per heavy atom. The molecule has 0 atom stereocenters. The number of rotatable bonds is 2. The van der Waals surface area contributed by atoms with Crippen LogP contribution in [0, 0.1) is 0 Å². The van der Waals surface area contributed by atoms with Crippen molar-refractivity contribution in [3.8, 4) is 0 Å². The van der Waals surface area contributed by atoms with E-state index in [-0.39, 0.29) is 5.56 Å². The van der Waals surface area contributed by atoms with Crippen LogP contribution in [0.4, 0.5) is 8.78 Å². The summed E-state index contributed by atoms with van der Waals surface area (Å²) in [6, 6.07) is 6.91. The van der Waals surface area contributed by atoms with Crippen LogP contribution in [0.2, 0.25) is 0 Å². The van der Waals surface area contributed by atoms with Gasteiger partial charge in [-0.2, -0.15) is 8.78 Å². The molecule has 1 rings (SSSR count). The largest absolute Gasteiger partial charge is 0.455 e. The second kappa shape index (κ2) is 4.20. The van der Waals surface area contributed by atoms with Gasteiger partial charge in [-0.1, -0.05) is 30.3 Å². The summed E-state index contributed by atoms with van der Waals surface area (Å²) in [5.74, 6) is -5.12. The van der Waals surface area contributed by atoms with Gasteiger partial charge in [0.15, 0.2) is 0 Å². The molecule has 0 N–H and O–H groups in total. The van der Waals surface area contributed by atoms with E-state index in [0.717, 1.165) is 0 Å². The molecular weight excluding hydrogens is 214 g/mol. The predicted molar refractivity (Wildman–Crippen MR) is 56.2 cm³/mol. The lowest BCUT2D eigenvalue weighted by Gasteiger charge is -2.23. The highest BCUT2D eigenvalue weighted by Gasteiger charge is 2.44. The molecule has 1 aromatic carbocycles. The van der Waals surface area contributed by atoms with E-state index in [9.17, 15) is 13.6 Å². The minimum absolute atomic E-state index is 0.357. The van der Waals surface area contributed by atoms with E-state index in [4.69, 9.17) is 0 Å². The molecule has 0 saturated heterocycles. The van der Waals surface area contributed by atoms with E-state index in [1.165, 1.54) is 24.3 Å². The van der Waals surface area contributed by atoms with Crippen LogP contribution in [0.25, 0.3) is 0 Å². The van der Waals surface area contributed by atoms with Gasteiger partial charge in [-0.25, -0.2) is 4.79 Å². The maximum atomic E-state index is 13.6. The third kappa shape index (κ3) is 3.02. The number of alkyl halides is 2. The first-order valence-corrected chi connectivity index (χ1v) is 4.90. The maximum Gasteiger partial charge on any atom is 0.382 e. The first kappa shape index (κ1) is 12.6. The first-order chi connectivity index (χ1) is 7.23. The fourth-order valence-electron chi connectivity index (χ4n) is 1.11. The molecule has 0 heterocycles. The summed E-state index contributed by atoms with van der Waals surface area (Å²) in [6.07, 6.45) is 0. The molecule has 0 aliphatic heterocycles. The molecule has 0 aromatic heterocycles. The van der Waals surface area contributed by atoms with Gasteiger partial charge in [0.25, 0.3) is 0 Å². The smallest absolute Gasteiger partial charge is 0.382 e. The number of ether oxygens (including phenoxy) is 1. The average Bonchev–Trinajstić information content (AvgIpc) is 2.16. The highest BCUT2D eigenvalue weighted by Crippen LogP contribution is 2.30. The third-order valence-corrected chi connectivity index (χ3v) is 1.79. The number of halogens is 2. The molecular formula is C12H14F2O2. The van der Waals surface area contributed by atoms with Crippen molar-refractivity contribution in [1.82, 2.24) is 0 Å². The molecule has 0 fully saturated rings. The molecule has 2 nitrogen and oxygen atoms in total. The van der Waals surface area contributed by atoms with Crippen LogP contribution in [-0.4, -0.2) is 11.6 Å². The molecule has 0 aliphatic rings. The Hall–Kier alpha value is -1.45. The molecule has 0 radical (unpaired) electrons. The summed E-state index contributed by atoms with van der Waals surface area (Å²) in [7, 11) is 0. The Morgan fingerprint density at radius 2 is 1.62 bits per heavy atom. The van der Waals surface area contributed by atoms with Gasteiger partial charge in [0.05, 0.1) is 0 Å². The lowest BCUT2D eigenvalue weighted by atomic mass is 10.1. The van der Waals surface area contributed by atoms with Gasteiger partial charge in [0.1, 0.15) is 5.60 Å². The van der Waals surface area contributed by atoms with Crippen LogP contribution < -0.4 is 0 Å². The minimum Gasteiger partial charge on any atom is -0.455 e. The maximum absolute atomic E-state index is 13.6. The molecule has 88 valence electrons. The zero-order valence-electron chi connectivity index (χ0n) is 9.46. The standard InChI is InChI=1S/C12H14F2O2/c1-11(2,3)16-10(15)12(13,14)9-7-5-4-6-8-9/h4-8H,1-3H3. The van der Waals surface area contributed by atoms with Crippen LogP contribution in [0.3, 0.4) is 0 Å². The molecule has 0 saturated carbocycles. The summed E-state index contributed by atoms with van der Waals surface area (Å²) >= 11 is 0. The highest BCUT2D eigenvalue weighted by atomic mass is 19.3. The lowest BCUT2D eigenvalue weighted by Crippen LogP contribution is -2.34. The highest BCUT2D eigenvalue weighted by molar-refractivity contribution is 5.79. The number of carbonyl (C=O) groups is 1. The topological polar surface area (TPSA) is 26.3 Å². The molecule has 1 aromatic rings. The van der Waals surface area contributed by atoms with Crippen LogP contribution in [0.1, 0.15) is 26.3 Å².